The van der Waals surface area contributed by atoms with Gasteiger partial charge in [0.15, 0.2) is 0 Å². The van der Waals surface area contributed by atoms with Gasteiger partial charge in [-0.1, -0.05) is 28.9 Å². The molecule has 0 spiro atoms. The predicted octanol–water partition coefficient (Wildman–Crippen LogP) is 3.80. The van der Waals surface area contributed by atoms with Crippen molar-refractivity contribution in [2.24, 2.45) is 0 Å². The number of anilines is 3. The van der Waals surface area contributed by atoms with Crippen LogP contribution in [0.2, 0.25) is 0 Å². The summed E-state index contributed by atoms with van der Waals surface area (Å²) in [6, 6.07) is 9.85. The van der Waals surface area contributed by atoms with Crippen LogP contribution < -0.4 is 10.6 Å². The largest absolute Gasteiger partial charge is 0.370 e. The Bertz CT molecular complexity index is 516. The van der Waals surface area contributed by atoms with E-state index in [-0.39, 0.29) is 0 Å². The van der Waals surface area contributed by atoms with Crippen LogP contribution in [0, 0.1) is 0 Å². The second kappa shape index (κ2) is 6.35. The summed E-state index contributed by atoms with van der Waals surface area (Å²) < 4.78 is 1.03. The molecule has 2 aromatic rings. The Balaban J connectivity index is 2.09. The van der Waals surface area contributed by atoms with E-state index in [0.29, 0.717) is 0 Å². The molecule has 0 atom stereocenters. The van der Waals surface area contributed by atoms with Crippen molar-refractivity contribution in [1.82, 2.24) is 9.97 Å². The molecule has 2 N–H and O–H groups in total. The van der Waals surface area contributed by atoms with Gasteiger partial charge in [0.25, 0.3) is 0 Å². The third kappa shape index (κ3) is 3.70. The zero-order chi connectivity index (χ0) is 12.8. The van der Waals surface area contributed by atoms with E-state index >= 15 is 0 Å². The number of hydrogen-bond acceptors (Lipinski definition) is 4. The Morgan fingerprint density at radius 1 is 1.17 bits per heavy atom. The van der Waals surface area contributed by atoms with Crippen LogP contribution in [-0.4, -0.2) is 16.5 Å². The molecule has 0 saturated heterocycles. The van der Waals surface area contributed by atoms with Crippen molar-refractivity contribution < 1.29 is 0 Å². The van der Waals surface area contributed by atoms with E-state index in [4.69, 9.17) is 0 Å². The number of hydrogen-bond donors (Lipinski definition) is 2. The maximum Gasteiger partial charge on any atom is 0.135 e. The van der Waals surface area contributed by atoms with Crippen LogP contribution in [0.25, 0.3) is 0 Å². The third-order valence-corrected chi connectivity index (χ3v) is 2.81. The Morgan fingerprint density at radius 2 is 2.00 bits per heavy atom. The molecule has 0 aliphatic carbocycles. The van der Waals surface area contributed by atoms with Gasteiger partial charge in [0.2, 0.25) is 0 Å². The lowest BCUT2D eigenvalue weighted by Gasteiger charge is -2.08. The maximum atomic E-state index is 4.19. The van der Waals surface area contributed by atoms with Gasteiger partial charge in [0, 0.05) is 22.8 Å². The fraction of sp³-hybridized carbons (Fsp3) is 0.231. The van der Waals surface area contributed by atoms with Crippen molar-refractivity contribution in [2.45, 2.75) is 13.3 Å². The van der Waals surface area contributed by atoms with E-state index in [1.165, 1.54) is 0 Å². The topological polar surface area (TPSA) is 49.8 Å². The minimum atomic E-state index is 0.779. The molecule has 1 heterocycles. The van der Waals surface area contributed by atoms with Gasteiger partial charge in [-0.25, -0.2) is 9.97 Å². The standard InChI is InChI=1S/C13H15BrN4/c1-2-6-15-12-8-13(17-9-16-12)18-11-5-3-4-10(14)7-11/h3-5,7-9H,2,6H2,1H3,(H2,15,16,17,18). The van der Waals surface area contributed by atoms with E-state index in [1.54, 1.807) is 6.33 Å². The molecule has 94 valence electrons. The summed E-state index contributed by atoms with van der Waals surface area (Å²) in [6.45, 7) is 3.03. The highest BCUT2D eigenvalue weighted by Crippen LogP contribution is 2.20. The number of rotatable bonds is 5. The average molecular weight is 307 g/mol. The molecular formula is C13H15BrN4. The van der Waals surface area contributed by atoms with Gasteiger partial charge in [-0.15, -0.1) is 0 Å². The summed E-state index contributed by atoms with van der Waals surface area (Å²) in [5, 5.41) is 6.47. The van der Waals surface area contributed by atoms with Crippen LogP contribution in [0.3, 0.4) is 0 Å². The van der Waals surface area contributed by atoms with Gasteiger partial charge in [-0.05, 0) is 24.6 Å². The van der Waals surface area contributed by atoms with Gasteiger partial charge in [0.1, 0.15) is 18.0 Å². The van der Waals surface area contributed by atoms with E-state index in [2.05, 4.69) is 43.5 Å². The van der Waals surface area contributed by atoms with Crippen LogP contribution in [0.1, 0.15) is 13.3 Å². The molecule has 18 heavy (non-hydrogen) atoms. The molecule has 0 aliphatic rings. The molecule has 1 aromatic carbocycles. The van der Waals surface area contributed by atoms with E-state index in [0.717, 1.165) is 34.8 Å². The summed E-state index contributed by atoms with van der Waals surface area (Å²) in [4.78, 5) is 8.36. The van der Waals surface area contributed by atoms with Crippen LogP contribution in [-0.2, 0) is 0 Å². The first kappa shape index (κ1) is 12.8. The first-order valence-corrected chi connectivity index (χ1v) is 6.65. The van der Waals surface area contributed by atoms with Crippen molar-refractivity contribution in [3.05, 3.63) is 41.1 Å². The predicted molar refractivity (Wildman–Crippen MR) is 78.2 cm³/mol. The summed E-state index contributed by atoms with van der Waals surface area (Å²) >= 11 is 3.44. The number of halogens is 1. The molecule has 4 nitrogen and oxygen atoms in total. The molecule has 0 radical (unpaired) electrons. The highest BCUT2D eigenvalue weighted by atomic mass is 79.9. The van der Waals surface area contributed by atoms with Crippen molar-refractivity contribution in [1.29, 1.82) is 0 Å². The van der Waals surface area contributed by atoms with E-state index in [9.17, 15) is 0 Å². The second-order valence-electron chi connectivity index (χ2n) is 3.85. The van der Waals surface area contributed by atoms with Gasteiger partial charge in [-0.2, -0.15) is 0 Å². The minimum Gasteiger partial charge on any atom is -0.370 e. The summed E-state index contributed by atoms with van der Waals surface area (Å²) in [5.74, 6) is 1.62. The first-order chi connectivity index (χ1) is 8.78. The minimum absolute atomic E-state index is 0.779. The Morgan fingerprint density at radius 3 is 2.78 bits per heavy atom. The number of benzene rings is 1. The highest BCUT2D eigenvalue weighted by molar-refractivity contribution is 9.10. The lowest BCUT2D eigenvalue weighted by Crippen LogP contribution is -2.03. The van der Waals surface area contributed by atoms with Gasteiger partial charge < -0.3 is 10.6 Å². The Labute approximate surface area is 115 Å². The molecule has 0 unspecified atom stereocenters. The molecule has 0 amide bonds. The highest BCUT2D eigenvalue weighted by Gasteiger charge is 1.99. The van der Waals surface area contributed by atoms with Crippen LogP contribution in [0.15, 0.2) is 41.1 Å². The van der Waals surface area contributed by atoms with Crippen molar-refractivity contribution >= 4 is 33.3 Å². The summed E-state index contributed by atoms with van der Waals surface area (Å²) in [5.41, 5.74) is 0.990. The van der Waals surface area contributed by atoms with Gasteiger partial charge >= 0.3 is 0 Å². The molecule has 2 rings (SSSR count). The zero-order valence-electron chi connectivity index (χ0n) is 10.2. The van der Waals surface area contributed by atoms with Crippen molar-refractivity contribution in [2.75, 3.05) is 17.2 Å². The molecule has 5 heteroatoms. The lowest BCUT2D eigenvalue weighted by atomic mass is 10.3. The average Bonchev–Trinajstić information content (AvgIpc) is 2.37. The summed E-state index contributed by atoms with van der Waals surface area (Å²) in [6.07, 6.45) is 2.62. The molecule has 0 bridgehead atoms. The van der Waals surface area contributed by atoms with E-state index < -0.39 is 0 Å². The first-order valence-electron chi connectivity index (χ1n) is 5.86. The maximum absolute atomic E-state index is 4.19. The van der Waals surface area contributed by atoms with Crippen molar-refractivity contribution in [3.8, 4) is 0 Å². The number of nitrogens with one attached hydrogen (secondary N) is 2. The second-order valence-corrected chi connectivity index (χ2v) is 4.77. The molecule has 0 fully saturated rings. The van der Waals surface area contributed by atoms with Gasteiger partial charge in [-0.3, -0.25) is 0 Å². The number of nitrogens with zero attached hydrogens (tertiary/aromatic N) is 2. The van der Waals surface area contributed by atoms with Crippen molar-refractivity contribution in [3.63, 3.8) is 0 Å². The molecule has 0 saturated carbocycles. The molecule has 0 aliphatic heterocycles. The van der Waals surface area contributed by atoms with Crippen LogP contribution in [0.5, 0.6) is 0 Å². The van der Waals surface area contributed by atoms with Crippen LogP contribution >= 0.6 is 15.9 Å². The lowest BCUT2D eigenvalue weighted by molar-refractivity contribution is 0.965. The fourth-order valence-corrected chi connectivity index (χ4v) is 1.89. The third-order valence-electron chi connectivity index (χ3n) is 2.32. The monoisotopic (exact) mass is 306 g/mol. The smallest absolute Gasteiger partial charge is 0.135 e. The molecule has 1 aromatic heterocycles. The van der Waals surface area contributed by atoms with Crippen LogP contribution in [0.4, 0.5) is 17.3 Å². The SMILES string of the molecule is CCCNc1cc(Nc2cccc(Br)c2)ncn1. The summed E-state index contributed by atoms with van der Waals surface area (Å²) in [7, 11) is 0. The Kier molecular flexibility index (Phi) is 4.52. The normalized spacial score (nSPS) is 10.1. The fourth-order valence-electron chi connectivity index (χ4n) is 1.49. The zero-order valence-corrected chi connectivity index (χ0v) is 11.7. The van der Waals surface area contributed by atoms with E-state index in [1.807, 2.05) is 30.3 Å². The quantitative estimate of drug-likeness (QED) is 0.882. The number of aromatic nitrogens is 2. The molecular weight excluding hydrogens is 292 g/mol. The van der Waals surface area contributed by atoms with Gasteiger partial charge in [0.05, 0.1) is 0 Å². The Hall–Kier alpha value is -1.62.